The number of halogens is 2. The third-order valence-electron chi connectivity index (χ3n) is 2.32. The van der Waals surface area contributed by atoms with Crippen molar-refractivity contribution in [3.8, 4) is 5.75 Å². The van der Waals surface area contributed by atoms with E-state index < -0.39 is 0 Å². The van der Waals surface area contributed by atoms with Crippen LogP contribution in [0.4, 0.5) is 0 Å². The van der Waals surface area contributed by atoms with Crippen LogP contribution in [0.5, 0.6) is 5.75 Å². The second-order valence-electron chi connectivity index (χ2n) is 3.60. The molecule has 100 valence electrons. The van der Waals surface area contributed by atoms with Gasteiger partial charge in [-0.1, -0.05) is 29.4 Å². The largest absolute Gasteiger partial charge is 1.00 e. The maximum Gasteiger partial charge on any atom is 1.00 e. The molecule has 0 saturated carbocycles. The first-order chi connectivity index (χ1) is 8.29. The van der Waals surface area contributed by atoms with E-state index in [9.17, 15) is 0 Å². The molecule has 6 heteroatoms. The lowest BCUT2D eigenvalue weighted by atomic mass is 10.2. The van der Waals surface area contributed by atoms with Crippen LogP contribution in [0.3, 0.4) is 0 Å². The van der Waals surface area contributed by atoms with Crippen molar-refractivity contribution >= 4 is 28.5 Å². The summed E-state index contributed by atoms with van der Waals surface area (Å²) >= 11 is 7.83. The lowest BCUT2D eigenvalue weighted by Crippen LogP contribution is -3.00. The molecule has 1 N–H and O–H groups in total. The maximum atomic E-state index is 6.12. The highest BCUT2D eigenvalue weighted by Crippen LogP contribution is 2.27. The maximum absolute atomic E-state index is 6.12. The minimum Gasteiger partial charge on any atom is -1.00 e. The summed E-state index contributed by atoms with van der Waals surface area (Å²) in [6, 6.07) is 5.92. The van der Waals surface area contributed by atoms with E-state index >= 15 is 0 Å². The summed E-state index contributed by atoms with van der Waals surface area (Å²) in [6.07, 6.45) is 0. The van der Waals surface area contributed by atoms with E-state index in [1.54, 1.807) is 11.8 Å². The molecule has 0 unspecified atom stereocenters. The van der Waals surface area contributed by atoms with Crippen molar-refractivity contribution < 1.29 is 18.6 Å². The van der Waals surface area contributed by atoms with Gasteiger partial charge in [-0.15, -0.1) is 0 Å². The lowest BCUT2D eigenvalue weighted by molar-refractivity contribution is -0.00000394. The van der Waals surface area contributed by atoms with Gasteiger partial charge in [0.05, 0.1) is 18.2 Å². The van der Waals surface area contributed by atoms with Crippen LogP contribution in [-0.4, -0.2) is 24.9 Å². The third kappa shape index (κ3) is 4.26. The van der Waals surface area contributed by atoms with Gasteiger partial charge in [0.2, 0.25) is 0 Å². The Bertz CT molecular complexity index is 432. The zero-order valence-electron chi connectivity index (χ0n) is 11.1. The standard InChI is InChI=1S/C12H15ClN2OS.ClH/c1-2-16-11-4-3-9(7-10(11)13)8-17-12-14-5-6-15-12;/h3-4,7H,2,5-6,8H2,1H3,(H,14,15);1H. The van der Waals surface area contributed by atoms with Gasteiger partial charge in [-0.25, -0.2) is 0 Å². The number of hydrogen-bond donors (Lipinski definition) is 1. The van der Waals surface area contributed by atoms with E-state index in [4.69, 9.17) is 16.3 Å². The van der Waals surface area contributed by atoms with Crippen LogP contribution in [0.15, 0.2) is 23.2 Å². The summed E-state index contributed by atoms with van der Waals surface area (Å²) in [4.78, 5) is 4.33. The Kier molecular flexibility index (Phi) is 6.68. The van der Waals surface area contributed by atoms with Crippen molar-refractivity contribution in [2.45, 2.75) is 12.7 Å². The molecule has 2 rings (SSSR count). The summed E-state index contributed by atoms with van der Waals surface area (Å²) in [5.41, 5.74) is 1.18. The number of hydrogen-bond acceptors (Lipinski definition) is 4. The number of rotatable bonds is 4. The zero-order chi connectivity index (χ0) is 12.1. The number of aliphatic imine (C=N–C) groups is 1. The normalized spacial score (nSPS) is 13.6. The Morgan fingerprint density at radius 2 is 2.39 bits per heavy atom. The molecule has 3 nitrogen and oxygen atoms in total. The molecule has 1 heterocycles. The molecule has 0 spiro atoms. The van der Waals surface area contributed by atoms with Gasteiger partial charge in [-0.3, -0.25) is 4.99 Å². The number of benzene rings is 1. The van der Waals surface area contributed by atoms with Crippen LogP contribution in [0.25, 0.3) is 0 Å². The fraction of sp³-hybridized carbons (Fsp3) is 0.417. The third-order valence-corrected chi connectivity index (χ3v) is 3.64. The predicted molar refractivity (Wildman–Crippen MR) is 75.3 cm³/mol. The smallest absolute Gasteiger partial charge is 1.00 e. The molecule has 1 aliphatic heterocycles. The van der Waals surface area contributed by atoms with Crippen molar-refractivity contribution in [1.82, 2.24) is 5.32 Å². The highest BCUT2D eigenvalue weighted by molar-refractivity contribution is 8.13. The summed E-state index contributed by atoms with van der Waals surface area (Å²) < 4.78 is 5.39. The molecule has 0 aliphatic carbocycles. The highest BCUT2D eigenvalue weighted by atomic mass is 35.5. The van der Waals surface area contributed by atoms with E-state index in [-0.39, 0.29) is 13.8 Å². The predicted octanol–water partition coefficient (Wildman–Crippen LogP) is 0.0476. The summed E-state index contributed by atoms with van der Waals surface area (Å²) in [5.74, 6) is 1.62. The molecule has 1 aliphatic rings. The van der Waals surface area contributed by atoms with E-state index in [1.165, 1.54) is 5.56 Å². The van der Waals surface area contributed by atoms with Gasteiger partial charge < -0.3 is 22.5 Å². The van der Waals surface area contributed by atoms with Crippen LogP contribution < -0.4 is 22.5 Å². The van der Waals surface area contributed by atoms with Gasteiger partial charge in [-0.2, -0.15) is 0 Å². The van der Waals surface area contributed by atoms with Gasteiger partial charge in [0.1, 0.15) is 5.75 Å². The second kappa shape index (κ2) is 7.77. The molecule has 0 aromatic heterocycles. The Balaban J connectivity index is 0.00000162. The van der Waals surface area contributed by atoms with Crippen LogP contribution in [0, 0.1) is 0 Å². The summed E-state index contributed by atoms with van der Waals surface area (Å²) in [7, 11) is 0. The first-order valence-corrected chi connectivity index (χ1v) is 6.98. The van der Waals surface area contributed by atoms with Crippen molar-refractivity contribution in [1.29, 1.82) is 0 Å². The quantitative estimate of drug-likeness (QED) is 0.853. The Hall–Kier alpha value is -0.580. The van der Waals surface area contributed by atoms with Crippen molar-refractivity contribution in [2.75, 3.05) is 19.7 Å². The molecule has 1 aromatic rings. The number of ether oxygens (including phenoxy) is 1. The first kappa shape index (κ1) is 15.5. The first-order valence-electron chi connectivity index (χ1n) is 5.62. The molecule has 0 bridgehead atoms. The minimum atomic E-state index is 0. The molecular formula is C12H16Cl2N2OS. The molecule has 0 fully saturated rings. The Morgan fingerprint density at radius 1 is 1.56 bits per heavy atom. The topological polar surface area (TPSA) is 33.6 Å². The monoisotopic (exact) mass is 306 g/mol. The Labute approximate surface area is 124 Å². The average Bonchev–Trinajstić information content (AvgIpc) is 2.83. The molecule has 1 aromatic carbocycles. The highest BCUT2D eigenvalue weighted by Gasteiger charge is 2.07. The molecule has 0 amide bonds. The molecule has 18 heavy (non-hydrogen) atoms. The zero-order valence-corrected chi connectivity index (χ0v) is 12.4. The number of nitrogens with one attached hydrogen (secondary N) is 1. The van der Waals surface area contributed by atoms with E-state index in [0.29, 0.717) is 11.6 Å². The van der Waals surface area contributed by atoms with Crippen molar-refractivity contribution in [3.63, 3.8) is 0 Å². The van der Waals surface area contributed by atoms with Gasteiger partial charge in [0.25, 0.3) is 0 Å². The number of nitrogens with zero attached hydrogens (tertiary/aromatic N) is 1. The summed E-state index contributed by atoms with van der Waals surface area (Å²) in [5, 5.41) is 4.92. The van der Waals surface area contributed by atoms with E-state index in [0.717, 1.165) is 29.8 Å². The summed E-state index contributed by atoms with van der Waals surface area (Å²) in [6.45, 7) is 4.41. The second-order valence-corrected chi connectivity index (χ2v) is 4.97. The minimum absolute atomic E-state index is 0. The molecule has 0 atom stereocenters. The van der Waals surface area contributed by atoms with Crippen LogP contribution in [0.1, 0.15) is 13.9 Å². The SMILES string of the molecule is CCOc1ccc(CSC2=NCCN2)cc1Cl.[Cl-].[H+]. The van der Waals surface area contributed by atoms with E-state index in [1.807, 2.05) is 25.1 Å². The fourth-order valence-electron chi connectivity index (χ4n) is 1.53. The fourth-order valence-corrected chi connectivity index (χ4v) is 2.66. The van der Waals surface area contributed by atoms with Crippen LogP contribution >= 0.6 is 23.4 Å². The van der Waals surface area contributed by atoms with Gasteiger partial charge >= 0.3 is 1.43 Å². The molecule has 0 saturated heterocycles. The van der Waals surface area contributed by atoms with Gasteiger partial charge in [-0.05, 0) is 24.6 Å². The Morgan fingerprint density at radius 3 is 3.00 bits per heavy atom. The van der Waals surface area contributed by atoms with E-state index in [2.05, 4.69) is 10.3 Å². The van der Waals surface area contributed by atoms with Crippen LogP contribution in [0.2, 0.25) is 5.02 Å². The van der Waals surface area contributed by atoms with Crippen molar-refractivity contribution in [3.05, 3.63) is 28.8 Å². The molecular weight excluding hydrogens is 291 g/mol. The lowest BCUT2D eigenvalue weighted by Gasteiger charge is -2.07. The number of amidine groups is 1. The van der Waals surface area contributed by atoms with Crippen molar-refractivity contribution in [2.24, 2.45) is 4.99 Å². The van der Waals surface area contributed by atoms with Gasteiger partial charge in [0.15, 0.2) is 5.17 Å². The van der Waals surface area contributed by atoms with Gasteiger partial charge in [0, 0.05) is 12.3 Å². The number of thioether (sulfide) groups is 1. The van der Waals surface area contributed by atoms with Crippen LogP contribution in [-0.2, 0) is 5.75 Å². The molecule has 0 radical (unpaired) electrons. The average molecular weight is 307 g/mol.